The Kier molecular flexibility index (Phi) is 7.79. The summed E-state index contributed by atoms with van der Waals surface area (Å²) in [5.41, 5.74) is 1.60. The van der Waals surface area contributed by atoms with E-state index in [0.29, 0.717) is 17.8 Å². The zero-order valence-corrected chi connectivity index (χ0v) is 17.4. The van der Waals surface area contributed by atoms with Gasteiger partial charge in [-0.15, -0.1) is 10.2 Å². The second-order valence-corrected chi connectivity index (χ2v) is 7.33. The van der Waals surface area contributed by atoms with Crippen LogP contribution in [-0.2, 0) is 9.59 Å². The van der Waals surface area contributed by atoms with Crippen LogP contribution in [0.1, 0.15) is 43.5 Å². The molecule has 2 heterocycles. The monoisotopic (exact) mass is 419 g/mol. The molecule has 1 unspecified atom stereocenters. The SMILES string of the molecule is CC(NC(=O)/C(C#N)=C/c1cncnn1)c1ccccc1NC(=O)CCN1CCCC1. The van der Waals surface area contributed by atoms with Crippen molar-refractivity contribution in [2.24, 2.45) is 0 Å². The third-order valence-corrected chi connectivity index (χ3v) is 5.06. The molecule has 9 heteroatoms. The van der Waals surface area contributed by atoms with Gasteiger partial charge in [-0.1, -0.05) is 18.2 Å². The molecule has 1 atom stereocenters. The van der Waals surface area contributed by atoms with Crippen LogP contribution in [0.2, 0.25) is 0 Å². The van der Waals surface area contributed by atoms with E-state index in [1.54, 1.807) is 13.0 Å². The molecule has 2 aromatic rings. The van der Waals surface area contributed by atoms with Gasteiger partial charge in [-0.25, -0.2) is 4.98 Å². The number of nitrogens with one attached hydrogen (secondary N) is 2. The molecule has 2 N–H and O–H groups in total. The van der Waals surface area contributed by atoms with Crippen LogP contribution in [-0.4, -0.2) is 51.5 Å². The molecule has 0 aliphatic carbocycles. The lowest BCUT2D eigenvalue weighted by atomic mass is 10.0. The predicted octanol–water partition coefficient (Wildman–Crippen LogP) is 2.08. The molecule has 1 fully saturated rings. The molecule has 1 saturated heterocycles. The molecule has 9 nitrogen and oxygen atoms in total. The predicted molar refractivity (Wildman–Crippen MR) is 115 cm³/mol. The van der Waals surface area contributed by atoms with E-state index in [0.717, 1.165) is 25.2 Å². The fraction of sp³-hybridized carbons (Fsp3) is 0.364. The van der Waals surface area contributed by atoms with E-state index in [1.165, 1.54) is 31.4 Å². The van der Waals surface area contributed by atoms with Gasteiger partial charge in [0.2, 0.25) is 5.91 Å². The molecular formula is C22H25N7O2. The lowest BCUT2D eigenvalue weighted by Gasteiger charge is -2.19. The summed E-state index contributed by atoms with van der Waals surface area (Å²) in [5.74, 6) is -0.610. The van der Waals surface area contributed by atoms with Crippen molar-refractivity contribution in [2.75, 3.05) is 25.0 Å². The molecule has 3 rings (SSSR count). The molecule has 0 bridgehead atoms. The number of anilines is 1. The van der Waals surface area contributed by atoms with Crippen molar-refractivity contribution in [1.82, 2.24) is 25.4 Å². The number of para-hydroxylation sites is 1. The van der Waals surface area contributed by atoms with Gasteiger partial charge >= 0.3 is 0 Å². The lowest BCUT2D eigenvalue weighted by molar-refractivity contribution is -0.118. The van der Waals surface area contributed by atoms with Crippen molar-refractivity contribution in [2.45, 2.75) is 32.2 Å². The van der Waals surface area contributed by atoms with Crippen LogP contribution in [0.4, 0.5) is 5.69 Å². The summed E-state index contributed by atoms with van der Waals surface area (Å²) < 4.78 is 0. The van der Waals surface area contributed by atoms with Crippen LogP contribution in [0.5, 0.6) is 0 Å². The molecule has 31 heavy (non-hydrogen) atoms. The quantitative estimate of drug-likeness (QED) is 0.496. The number of nitrogens with zero attached hydrogens (tertiary/aromatic N) is 5. The lowest BCUT2D eigenvalue weighted by Crippen LogP contribution is -2.29. The Morgan fingerprint density at radius 3 is 2.77 bits per heavy atom. The summed E-state index contributed by atoms with van der Waals surface area (Å²) >= 11 is 0. The molecule has 2 amide bonds. The number of rotatable bonds is 8. The van der Waals surface area contributed by atoms with Crippen LogP contribution in [0.3, 0.4) is 0 Å². The van der Waals surface area contributed by atoms with E-state index in [9.17, 15) is 14.9 Å². The first-order valence-electron chi connectivity index (χ1n) is 10.2. The number of hydrogen-bond donors (Lipinski definition) is 2. The molecule has 1 aliphatic rings. The van der Waals surface area contributed by atoms with Crippen LogP contribution in [0, 0.1) is 11.3 Å². The van der Waals surface area contributed by atoms with Crippen LogP contribution in [0.25, 0.3) is 6.08 Å². The van der Waals surface area contributed by atoms with Crippen molar-refractivity contribution in [3.8, 4) is 6.07 Å². The standard InChI is InChI=1S/C22H25N7O2/c1-16(26-22(31)17(13-23)12-18-14-24-15-25-28-18)19-6-2-3-7-20(19)27-21(30)8-11-29-9-4-5-10-29/h2-3,6-7,12,14-16H,4-5,8-11H2,1H3,(H,26,31)(H,27,30)/b17-12+. The highest BCUT2D eigenvalue weighted by Crippen LogP contribution is 2.23. The number of nitriles is 1. The molecule has 0 radical (unpaired) electrons. The number of hydrogen-bond acceptors (Lipinski definition) is 7. The highest BCUT2D eigenvalue weighted by atomic mass is 16.2. The van der Waals surface area contributed by atoms with E-state index >= 15 is 0 Å². The number of carbonyl (C=O) groups is 2. The van der Waals surface area contributed by atoms with Crippen LogP contribution < -0.4 is 10.6 Å². The van der Waals surface area contributed by atoms with Crippen molar-refractivity contribution in [3.63, 3.8) is 0 Å². The second-order valence-electron chi connectivity index (χ2n) is 7.33. The van der Waals surface area contributed by atoms with Crippen molar-refractivity contribution >= 4 is 23.6 Å². The highest BCUT2D eigenvalue weighted by molar-refractivity contribution is 6.01. The van der Waals surface area contributed by atoms with E-state index in [-0.39, 0.29) is 11.5 Å². The first kappa shape index (κ1) is 22.1. The molecule has 0 spiro atoms. The van der Waals surface area contributed by atoms with Crippen molar-refractivity contribution < 1.29 is 9.59 Å². The molecule has 1 aromatic heterocycles. The first-order chi connectivity index (χ1) is 15.1. The summed E-state index contributed by atoms with van der Waals surface area (Å²) in [7, 11) is 0. The van der Waals surface area contributed by atoms with Gasteiger partial charge in [0.1, 0.15) is 23.7 Å². The summed E-state index contributed by atoms with van der Waals surface area (Å²) in [6.07, 6.45) is 6.80. The van der Waals surface area contributed by atoms with E-state index in [4.69, 9.17) is 0 Å². The van der Waals surface area contributed by atoms with Gasteiger partial charge in [-0.05, 0) is 50.6 Å². The number of amides is 2. The molecule has 1 aliphatic heterocycles. The van der Waals surface area contributed by atoms with E-state index < -0.39 is 11.9 Å². The van der Waals surface area contributed by atoms with Gasteiger partial charge in [-0.3, -0.25) is 9.59 Å². The van der Waals surface area contributed by atoms with Crippen LogP contribution >= 0.6 is 0 Å². The van der Waals surface area contributed by atoms with Gasteiger partial charge in [0, 0.05) is 18.7 Å². The maximum atomic E-state index is 12.6. The maximum Gasteiger partial charge on any atom is 0.262 e. The number of aromatic nitrogens is 3. The Labute approximate surface area is 181 Å². The third kappa shape index (κ3) is 6.42. The molecule has 0 saturated carbocycles. The number of benzene rings is 1. The Bertz CT molecular complexity index is 979. The molecular weight excluding hydrogens is 394 g/mol. The minimum absolute atomic E-state index is 0.0642. The Hall–Kier alpha value is -3.64. The number of likely N-dealkylation sites (tertiary alicyclic amines) is 1. The van der Waals surface area contributed by atoms with Gasteiger partial charge < -0.3 is 15.5 Å². The topological polar surface area (TPSA) is 124 Å². The Morgan fingerprint density at radius 2 is 2.06 bits per heavy atom. The third-order valence-electron chi connectivity index (χ3n) is 5.06. The summed E-state index contributed by atoms with van der Waals surface area (Å²) in [6.45, 7) is 4.64. The van der Waals surface area contributed by atoms with Crippen LogP contribution in [0.15, 0.2) is 42.4 Å². The Balaban J connectivity index is 1.64. The van der Waals surface area contributed by atoms with Gasteiger partial charge in [0.15, 0.2) is 0 Å². The summed E-state index contributed by atoms with van der Waals surface area (Å²) in [6, 6.07) is 8.75. The average Bonchev–Trinajstić information content (AvgIpc) is 3.31. The van der Waals surface area contributed by atoms with Gasteiger partial charge in [-0.2, -0.15) is 5.26 Å². The van der Waals surface area contributed by atoms with E-state index in [1.807, 2.05) is 24.3 Å². The van der Waals surface area contributed by atoms with E-state index in [2.05, 4.69) is 30.7 Å². The fourth-order valence-corrected chi connectivity index (χ4v) is 3.44. The highest BCUT2D eigenvalue weighted by Gasteiger charge is 2.18. The Morgan fingerprint density at radius 1 is 1.29 bits per heavy atom. The normalized spacial score (nSPS) is 15.2. The summed E-state index contributed by atoms with van der Waals surface area (Å²) in [4.78, 5) is 31.1. The smallest absolute Gasteiger partial charge is 0.262 e. The van der Waals surface area contributed by atoms with Gasteiger partial charge in [0.05, 0.1) is 12.2 Å². The molecule has 160 valence electrons. The van der Waals surface area contributed by atoms with Crippen molar-refractivity contribution in [1.29, 1.82) is 5.26 Å². The average molecular weight is 419 g/mol. The zero-order valence-electron chi connectivity index (χ0n) is 17.4. The zero-order chi connectivity index (χ0) is 22.1. The summed E-state index contributed by atoms with van der Waals surface area (Å²) in [5, 5.41) is 22.5. The number of carbonyl (C=O) groups excluding carboxylic acids is 2. The first-order valence-corrected chi connectivity index (χ1v) is 10.2. The largest absolute Gasteiger partial charge is 0.345 e. The maximum absolute atomic E-state index is 12.6. The second kappa shape index (κ2) is 10.9. The van der Waals surface area contributed by atoms with Crippen molar-refractivity contribution in [3.05, 3.63) is 53.6 Å². The molecule has 1 aromatic carbocycles. The minimum atomic E-state index is -0.546. The van der Waals surface area contributed by atoms with Gasteiger partial charge in [0.25, 0.3) is 5.91 Å². The minimum Gasteiger partial charge on any atom is -0.345 e. The fourth-order valence-electron chi connectivity index (χ4n) is 3.44.